The van der Waals surface area contributed by atoms with Crippen molar-refractivity contribution in [1.82, 2.24) is 4.57 Å². The molecule has 0 bridgehead atoms. The molecule has 0 aliphatic carbocycles. The molecule has 1 aromatic heterocycles. The molecule has 92 valence electrons. The summed E-state index contributed by atoms with van der Waals surface area (Å²) in [5, 5.41) is 0. The Hall–Kier alpha value is -2.03. The average molecular weight is 240 g/mol. The lowest BCUT2D eigenvalue weighted by Gasteiger charge is -2.12. The normalized spacial score (nSPS) is 17.9. The molecule has 18 heavy (non-hydrogen) atoms. The number of benzene rings is 1. The van der Waals surface area contributed by atoms with Crippen molar-refractivity contribution >= 4 is 5.82 Å². The number of hydrogen-bond donors (Lipinski definition) is 0. The average Bonchev–Trinajstić information content (AvgIpc) is 2.66. The number of likely N-dealkylation sites (N-methyl/N-ethyl adjacent to an activating group) is 1. The van der Waals surface area contributed by atoms with E-state index in [1.807, 2.05) is 41.9 Å². The molecular formula is C15H16N2O. The van der Waals surface area contributed by atoms with Crippen LogP contribution >= 0.6 is 0 Å². The van der Waals surface area contributed by atoms with Gasteiger partial charge in [-0.1, -0.05) is 30.3 Å². The minimum Gasteiger partial charge on any atom is -0.359 e. The third kappa shape index (κ3) is 1.63. The van der Waals surface area contributed by atoms with E-state index in [0.717, 1.165) is 23.5 Å². The van der Waals surface area contributed by atoms with E-state index in [1.54, 1.807) is 6.07 Å². The number of nitrogens with zero attached hydrogens (tertiary/aromatic N) is 2. The highest BCUT2D eigenvalue weighted by Crippen LogP contribution is 2.29. The highest BCUT2D eigenvalue weighted by Gasteiger charge is 2.23. The van der Waals surface area contributed by atoms with Crippen LogP contribution in [-0.2, 0) is 0 Å². The van der Waals surface area contributed by atoms with Crippen molar-refractivity contribution in [1.29, 1.82) is 0 Å². The van der Waals surface area contributed by atoms with Gasteiger partial charge < -0.3 is 4.90 Å². The van der Waals surface area contributed by atoms with E-state index < -0.39 is 0 Å². The van der Waals surface area contributed by atoms with Gasteiger partial charge in [-0.15, -0.1) is 0 Å². The van der Waals surface area contributed by atoms with Crippen LogP contribution in [0.3, 0.4) is 0 Å². The first kappa shape index (κ1) is 11.1. The summed E-state index contributed by atoms with van der Waals surface area (Å²) < 4.78 is 1.87. The van der Waals surface area contributed by atoms with Crippen molar-refractivity contribution in [2.24, 2.45) is 0 Å². The van der Waals surface area contributed by atoms with Crippen LogP contribution in [0.4, 0.5) is 5.82 Å². The van der Waals surface area contributed by atoms with Gasteiger partial charge in [0.25, 0.3) is 5.56 Å². The van der Waals surface area contributed by atoms with Crippen LogP contribution in [0.2, 0.25) is 0 Å². The molecule has 2 aromatic rings. The maximum atomic E-state index is 12.2. The van der Waals surface area contributed by atoms with Crippen LogP contribution in [0.25, 0.3) is 11.1 Å². The van der Waals surface area contributed by atoms with Gasteiger partial charge in [0.05, 0.1) is 6.04 Å². The number of aromatic nitrogens is 1. The molecule has 1 aromatic carbocycles. The van der Waals surface area contributed by atoms with Crippen LogP contribution in [0, 0.1) is 0 Å². The van der Waals surface area contributed by atoms with Gasteiger partial charge in [-0.3, -0.25) is 9.36 Å². The fraction of sp³-hybridized carbons (Fsp3) is 0.267. The quantitative estimate of drug-likeness (QED) is 0.765. The summed E-state index contributed by atoms with van der Waals surface area (Å²) in [7, 11) is 2.03. The van der Waals surface area contributed by atoms with Crippen LogP contribution in [-0.4, -0.2) is 18.2 Å². The number of rotatable bonds is 1. The summed E-state index contributed by atoms with van der Waals surface area (Å²) in [5.74, 6) is 1.01. The molecule has 0 fully saturated rings. The molecule has 0 amide bonds. The predicted octanol–water partition coefficient (Wildman–Crippen LogP) is 2.53. The maximum absolute atomic E-state index is 12.2. The van der Waals surface area contributed by atoms with Crippen LogP contribution < -0.4 is 10.5 Å². The molecular weight excluding hydrogens is 224 g/mol. The minimum absolute atomic E-state index is 0.0863. The number of pyridine rings is 1. The molecule has 0 saturated heterocycles. The zero-order valence-electron chi connectivity index (χ0n) is 10.6. The lowest BCUT2D eigenvalue weighted by atomic mass is 10.1. The van der Waals surface area contributed by atoms with Crippen LogP contribution in [0.5, 0.6) is 0 Å². The van der Waals surface area contributed by atoms with Gasteiger partial charge in [-0.25, -0.2) is 0 Å². The summed E-state index contributed by atoms with van der Waals surface area (Å²) in [4.78, 5) is 14.3. The third-order valence-electron chi connectivity index (χ3n) is 3.52. The monoisotopic (exact) mass is 240 g/mol. The zero-order valence-corrected chi connectivity index (χ0v) is 10.6. The summed E-state index contributed by atoms with van der Waals surface area (Å²) in [6.07, 6.45) is 0. The van der Waals surface area contributed by atoms with E-state index in [9.17, 15) is 4.79 Å². The fourth-order valence-corrected chi connectivity index (χ4v) is 2.67. The minimum atomic E-state index is 0.0863. The fourth-order valence-electron chi connectivity index (χ4n) is 2.67. The Morgan fingerprint density at radius 2 is 1.83 bits per heavy atom. The molecule has 3 rings (SSSR count). The summed E-state index contributed by atoms with van der Waals surface area (Å²) in [5.41, 5.74) is 2.17. The first-order valence-electron chi connectivity index (χ1n) is 6.20. The molecule has 1 aliphatic heterocycles. The Balaban J connectivity index is 2.19. The second-order valence-corrected chi connectivity index (χ2v) is 4.91. The van der Waals surface area contributed by atoms with Crippen molar-refractivity contribution in [3.05, 3.63) is 52.8 Å². The molecule has 0 radical (unpaired) electrons. The molecule has 1 unspecified atom stereocenters. The Labute approximate surface area is 106 Å². The van der Waals surface area contributed by atoms with Gasteiger partial charge in [0, 0.05) is 19.7 Å². The second kappa shape index (κ2) is 4.02. The van der Waals surface area contributed by atoms with E-state index >= 15 is 0 Å². The second-order valence-electron chi connectivity index (χ2n) is 4.91. The van der Waals surface area contributed by atoms with Gasteiger partial charge in [0.15, 0.2) is 0 Å². The largest absolute Gasteiger partial charge is 0.359 e. The highest BCUT2D eigenvalue weighted by molar-refractivity contribution is 5.67. The topological polar surface area (TPSA) is 25.2 Å². The maximum Gasteiger partial charge on any atom is 0.253 e. The Morgan fingerprint density at radius 1 is 1.11 bits per heavy atom. The summed E-state index contributed by atoms with van der Waals surface area (Å²) in [6.45, 7) is 2.98. The lowest BCUT2D eigenvalue weighted by Crippen LogP contribution is -2.19. The molecule has 1 atom stereocenters. The predicted molar refractivity (Wildman–Crippen MR) is 74.1 cm³/mol. The summed E-state index contributed by atoms with van der Waals surface area (Å²) in [6, 6.07) is 14.1. The number of hydrogen-bond acceptors (Lipinski definition) is 2. The van der Waals surface area contributed by atoms with Gasteiger partial charge in [-0.05, 0) is 24.1 Å². The van der Waals surface area contributed by atoms with Gasteiger partial charge in [0.2, 0.25) is 0 Å². The molecule has 3 heteroatoms. The highest BCUT2D eigenvalue weighted by atomic mass is 16.1. The van der Waals surface area contributed by atoms with E-state index in [1.165, 1.54) is 0 Å². The summed E-state index contributed by atoms with van der Waals surface area (Å²) >= 11 is 0. The lowest BCUT2D eigenvalue weighted by molar-refractivity contribution is 0.601. The van der Waals surface area contributed by atoms with Crippen molar-refractivity contribution in [2.45, 2.75) is 13.0 Å². The van der Waals surface area contributed by atoms with E-state index in [-0.39, 0.29) is 11.6 Å². The Kier molecular flexibility index (Phi) is 2.47. The van der Waals surface area contributed by atoms with Crippen LogP contribution in [0.1, 0.15) is 13.0 Å². The van der Waals surface area contributed by atoms with Gasteiger partial charge in [0.1, 0.15) is 5.82 Å². The number of anilines is 1. The van der Waals surface area contributed by atoms with Crippen molar-refractivity contribution < 1.29 is 0 Å². The van der Waals surface area contributed by atoms with Gasteiger partial charge in [-0.2, -0.15) is 0 Å². The van der Waals surface area contributed by atoms with Crippen molar-refractivity contribution in [2.75, 3.05) is 18.5 Å². The van der Waals surface area contributed by atoms with Crippen molar-refractivity contribution in [3.8, 4) is 11.1 Å². The zero-order chi connectivity index (χ0) is 12.7. The molecule has 1 aliphatic rings. The molecule has 3 nitrogen and oxygen atoms in total. The first-order valence-corrected chi connectivity index (χ1v) is 6.20. The molecule has 2 heterocycles. The first-order chi connectivity index (χ1) is 8.66. The SMILES string of the molecule is CC1CN(C)c2cc(-c3ccccc3)cc(=O)n21. The van der Waals surface area contributed by atoms with E-state index in [4.69, 9.17) is 0 Å². The van der Waals surface area contributed by atoms with Crippen LogP contribution in [0.15, 0.2) is 47.3 Å². The smallest absolute Gasteiger partial charge is 0.253 e. The molecule has 0 spiro atoms. The van der Waals surface area contributed by atoms with E-state index in [2.05, 4.69) is 17.9 Å². The Bertz CT molecular complexity index is 631. The molecule has 0 N–H and O–H groups in total. The van der Waals surface area contributed by atoms with Gasteiger partial charge >= 0.3 is 0 Å². The Morgan fingerprint density at radius 3 is 2.56 bits per heavy atom. The molecule has 0 saturated carbocycles. The van der Waals surface area contributed by atoms with Crippen molar-refractivity contribution in [3.63, 3.8) is 0 Å². The third-order valence-corrected chi connectivity index (χ3v) is 3.52. The number of fused-ring (bicyclic) bond motifs is 1. The standard InChI is InChI=1S/C15H16N2O/c1-11-10-16(2)14-8-13(9-15(18)17(11)14)12-6-4-3-5-7-12/h3-9,11H,10H2,1-2H3. The van der Waals surface area contributed by atoms with E-state index in [0.29, 0.717) is 0 Å².